The Bertz CT molecular complexity index is 1050. The van der Waals surface area contributed by atoms with Gasteiger partial charge in [-0.2, -0.15) is 0 Å². The smallest absolute Gasteiger partial charge is 0.257 e. The molecule has 140 valence electrons. The number of rotatable bonds is 7. The van der Waals surface area contributed by atoms with E-state index >= 15 is 0 Å². The molecule has 7 heteroatoms. The average molecular weight is 391 g/mol. The van der Waals surface area contributed by atoms with Gasteiger partial charge in [0, 0.05) is 12.8 Å². The van der Waals surface area contributed by atoms with Crippen molar-refractivity contribution in [3.63, 3.8) is 0 Å². The van der Waals surface area contributed by atoms with Gasteiger partial charge in [0.2, 0.25) is 11.8 Å². The lowest BCUT2D eigenvalue weighted by Crippen LogP contribution is -2.13. The molecule has 0 unspecified atom stereocenters. The number of nitrogens with zero attached hydrogens (tertiary/aromatic N) is 2. The number of thiophene rings is 1. The van der Waals surface area contributed by atoms with E-state index in [0.717, 1.165) is 4.88 Å². The SMILES string of the molecule is O=C(CCc1nnc(-c2cccs2)o1)Nc1ccccc1Oc1ccccc1. The predicted molar refractivity (Wildman–Crippen MR) is 108 cm³/mol. The van der Waals surface area contributed by atoms with Crippen LogP contribution in [0.5, 0.6) is 11.5 Å². The van der Waals surface area contributed by atoms with Crippen LogP contribution in [0.4, 0.5) is 5.69 Å². The first-order chi connectivity index (χ1) is 13.8. The van der Waals surface area contributed by atoms with Crippen LogP contribution in [0, 0.1) is 0 Å². The molecule has 0 aliphatic carbocycles. The normalized spacial score (nSPS) is 10.6. The van der Waals surface area contributed by atoms with Gasteiger partial charge in [0.1, 0.15) is 5.75 Å². The third-order valence-electron chi connectivity index (χ3n) is 3.90. The van der Waals surface area contributed by atoms with Gasteiger partial charge in [0.25, 0.3) is 5.89 Å². The molecule has 6 nitrogen and oxygen atoms in total. The van der Waals surface area contributed by atoms with E-state index in [4.69, 9.17) is 9.15 Å². The van der Waals surface area contributed by atoms with Gasteiger partial charge >= 0.3 is 0 Å². The summed E-state index contributed by atoms with van der Waals surface area (Å²) in [6.45, 7) is 0. The van der Waals surface area contributed by atoms with Crippen LogP contribution < -0.4 is 10.1 Å². The number of ether oxygens (including phenoxy) is 1. The van der Waals surface area contributed by atoms with Crippen molar-refractivity contribution in [2.75, 3.05) is 5.32 Å². The zero-order valence-electron chi connectivity index (χ0n) is 14.9. The first-order valence-corrected chi connectivity index (χ1v) is 9.64. The van der Waals surface area contributed by atoms with Gasteiger partial charge in [-0.25, -0.2) is 0 Å². The van der Waals surface area contributed by atoms with Crippen molar-refractivity contribution in [2.24, 2.45) is 0 Å². The van der Waals surface area contributed by atoms with Gasteiger partial charge in [0.15, 0.2) is 5.75 Å². The lowest BCUT2D eigenvalue weighted by Gasteiger charge is -2.11. The molecule has 0 saturated heterocycles. The summed E-state index contributed by atoms with van der Waals surface area (Å²) in [6, 6.07) is 20.6. The average Bonchev–Trinajstić information content (AvgIpc) is 3.40. The number of nitrogens with one attached hydrogen (secondary N) is 1. The molecule has 4 aromatic rings. The molecular weight excluding hydrogens is 374 g/mol. The molecule has 0 aliphatic rings. The highest BCUT2D eigenvalue weighted by atomic mass is 32.1. The Balaban J connectivity index is 1.36. The molecule has 0 spiro atoms. The molecular formula is C21H17N3O3S. The maximum absolute atomic E-state index is 12.4. The van der Waals surface area contributed by atoms with E-state index in [-0.39, 0.29) is 12.3 Å². The molecule has 2 aromatic heterocycles. The minimum absolute atomic E-state index is 0.153. The van der Waals surface area contributed by atoms with E-state index in [9.17, 15) is 4.79 Å². The number of anilines is 1. The highest BCUT2D eigenvalue weighted by Crippen LogP contribution is 2.29. The van der Waals surface area contributed by atoms with Crippen LogP contribution >= 0.6 is 11.3 Å². The molecule has 1 amide bonds. The summed E-state index contributed by atoms with van der Waals surface area (Å²) in [6.07, 6.45) is 0.595. The Morgan fingerprint density at radius 1 is 1.00 bits per heavy atom. The van der Waals surface area contributed by atoms with Gasteiger partial charge in [-0.15, -0.1) is 21.5 Å². The van der Waals surface area contributed by atoms with Gasteiger partial charge in [0.05, 0.1) is 10.6 Å². The van der Waals surface area contributed by atoms with Crippen LogP contribution in [-0.2, 0) is 11.2 Å². The molecule has 0 bridgehead atoms. The molecule has 2 aromatic carbocycles. The summed E-state index contributed by atoms with van der Waals surface area (Å²) in [4.78, 5) is 13.3. The fourth-order valence-electron chi connectivity index (χ4n) is 2.56. The standard InChI is InChI=1S/C21H17N3O3S/c25-19(12-13-20-23-24-21(27-20)18-11-6-14-28-18)22-16-9-4-5-10-17(16)26-15-7-2-1-3-8-15/h1-11,14H,12-13H2,(H,22,25). The summed E-state index contributed by atoms with van der Waals surface area (Å²) in [5.74, 6) is 2.05. The van der Waals surface area contributed by atoms with Crippen LogP contribution in [0.3, 0.4) is 0 Å². The van der Waals surface area contributed by atoms with Gasteiger partial charge in [-0.05, 0) is 35.7 Å². The number of aromatic nitrogens is 2. The molecule has 0 fully saturated rings. The van der Waals surface area contributed by atoms with Crippen LogP contribution in [0.25, 0.3) is 10.8 Å². The fourth-order valence-corrected chi connectivity index (χ4v) is 3.21. The minimum atomic E-state index is -0.153. The largest absolute Gasteiger partial charge is 0.455 e. The third-order valence-corrected chi connectivity index (χ3v) is 4.75. The van der Waals surface area contributed by atoms with Crippen molar-refractivity contribution in [3.8, 4) is 22.3 Å². The van der Waals surface area contributed by atoms with E-state index < -0.39 is 0 Å². The van der Waals surface area contributed by atoms with E-state index in [0.29, 0.717) is 35.4 Å². The molecule has 2 heterocycles. The van der Waals surface area contributed by atoms with Crippen LogP contribution in [0.1, 0.15) is 12.3 Å². The van der Waals surface area contributed by atoms with Crippen LogP contribution in [-0.4, -0.2) is 16.1 Å². The van der Waals surface area contributed by atoms with Crippen molar-refractivity contribution in [1.82, 2.24) is 10.2 Å². The number of hydrogen-bond donors (Lipinski definition) is 1. The number of hydrogen-bond acceptors (Lipinski definition) is 6. The highest BCUT2D eigenvalue weighted by Gasteiger charge is 2.13. The van der Waals surface area contributed by atoms with Crippen LogP contribution in [0.15, 0.2) is 76.5 Å². The number of carbonyl (C=O) groups excluding carboxylic acids is 1. The summed E-state index contributed by atoms with van der Waals surface area (Å²) in [7, 11) is 0. The van der Waals surface area contributed by atoms with Gasteiger partial charge in [-0.3, -0.25) is 4.79 Å². The van der Waals surface area contributed by atoms with Crippen molar-refractivity contribution in [2.45, 2.75) is 12.8 Å². The highest BCUT2D eigenvalue weighted by molar-refractivity contribution is 7.13. The Labute approximate surface area is 165 Å². The van der Waals surface area contributed by atoms with Crippen molar-refractivity contribution in [3.05, 3.63) is 78.0 Å². The lowest BCUT2D eigenvalue weighted by molar-refractivity contribution is -0.116. The Kier molecular flexibility index (Phi) is 5.44. The predicted octanol–water partition coefficient (Wildman–Crippen LogP) is 5.16. The third kappa shape index (κ3) is 4.44. The molecule has 0 atom stereocenters. The number of carbonyl (C=O) groups is 1. The maximum atomic E-state index is 12.4. The lowest BCUT2D eigenvalue weighted by atomic mass is 10.2. The van der Waals surface area contributed by atoms with Crippen molar-refractivity contribution in [1.29, 1.82) is 0 Å². The number of amides is 1. The van der Waals surface area contributed by atoms with Crippen LogP contribution in [0.2, 0.25) is 0 Å². The van der Waals surface area contributed by atoms with Crippen molar-refractivity contribution >= 4 is 22.9 Å². The quantitative estimate of drug-likeness (QED) is 0.471. The molecule has 0 radical (unpaired) electrons. The minimum Gasteiger partial charge on any atom is -0.455 e. The first-order valence-electron chi connectivity index (χ1n) is 8.76. The molecule has 28 heavy (non-hydrogen) atoms. The van der Waals surface area contributed by atoms with E-state index in [2.05, 4.69) is 15.5 Å². The maximum Gasteiger partial charge on any atom is 0.257 e. The fraction of sp³-hybridized carbons (Fsp3) is 0.0952. The second-order valence-electron chi connectivity index (χ2n) is 5.94. The van der Waals surface area contributed by atoms with Gasteiger partial charge in [-0.1, -0.05) is 36.4 Å². The second-order valence-corrected chi connectivity index (χ2v) is 6.89. The molecule has 1 N–H and O–H groups in total. The second kappa shape index (κ2) is 8.49. The number of para-hydroxylation sites is 3. The molecule has 0 aliphatic heterocycles. The number of aryl methyl sites for hydroxylation is 1. The Morgan fingerprint density at radius 2 is 1.82 bits per heavy atom. The van der Waals surface area contributed by atoms with E-state index in [1.807, 2.05) is 66.0 Å². The monoisotopic (exact) mass is 391 g/mol. The molecule has 4 rings (SSSR count). The number of benzene rings is 2. The topological polar surface area (TPSA) is 77.2 Å². The summed E-state index contributed by atoms with van der Waals surface area (Å²) in [5.41, 5.74) is 0.612. The molecule has 0 saturated carbocycles. The van der Waals surface area contributed by atoms with E-state index in [1.54, 1.807) is 6.07 Å². The summed E-state index contributed by atoms with van der Waals surface area (Å²) < 4.78 is 11.5. The van der Waals surface area contributed by atoms with E-state index in [1.165, 1.54) is 11.3 Å². The summed E-state index contributed by atoms with van der Waals surface area (Å²) >= 11 is 1.53. The first kappa shape index (κ1) is 17.9. The van der Waals surface area contributed by atoms with Gasteiger partial charge < -0.3 is 14.5 Å². The zero-order chi connectivity index (χ0) is 19.2. The Morgan fingerprint density at radius 3 is 2.64 bits per heavy atom. The summed E-state index contributed by atoms with van der Waals surface area (Å²) in [5, 5.41) is 12.9. The van der Waals surface area contributed by atoms with Crippen molar-refractivity contribution < 1.29 is 13.9 Å². The Hall–Kier alpha value is -3.45. The zero-order valence-corrected chi connectivity index (χ0v) is 15.7.